The van der Waals surface area contributed by atoms with Gasteiger partial charge < -0.3 is 25.2 Å². The van der Waals surface area contributed by atoms with Gasteiger partial charge in [-0.25, -0.2) is 9.18 Å². The van der Waals surface area contributed by atoms with Crippen molar-refractivity contribution in [2.45, 2.75) is 51.4 Å². The van der Waals surface area contributed by atoms with Crippen LogP contribution >= 0.6 is 11.3 Å². The summed E-state index contributed by atoms with van der Waals surface area (Å²) < 4.78 is 66.2. The van der Waals surface area contributed by atoms with Crippen LogP contribution in [-0.4, -0.2) is 36.1 Å². The van der Waals surface area contributed by atoms with Gasteiger partial charge in [0.05, 0.1) is 35.0 Å². The summed E-state index contributed by atoms with van der Waals surface area (Å²) in [6, 6.07) is 18.5. The topological polar surface area (TPSA) is 114 Å². The number of benzene rings is 4. The van der Waals surface area contributed by atoms with Crippen molar-refractivity contribution in [3.63, 3.8) is 0 Å². The van der Waals surface area contributed by atoms with Gasteiger partial charge >= 0.3 is 18.1 Å². The smallest absolute Gasteiger partial charge is 0.416 e. The Morgan fingerprint density at radius 2 is 1.70 bits per heavy atom. The molecular formula is C37H32F4N2O6S. The van der Waals surface area contributed by atoms with E-state index in [1.807, 2.05) is 49.4 Å². The molecule has 0 spiro atoms. The molecule has 8 nitrogen and oxygen atoms in total. The lowest BCUT2D eigenvalue weighted by Gasteiger charge is -2.36. The summed E-state index contributed by atoms with van der Waals surface area (Å²) in [7, 11) is 1.24. The first-order valence-electron chi connectivity index (χ1n) is 15.7. The second kappa shape index (κ2) is 13.6. The molecule has 1 aliphatic carbocycles. The molecule has 0 aliphatic heterocycles. The molecular weight excluding hydrogens is 676 g/mol. The van der Waals surface area contributed by atoms with E-state index < -0.39 is 34.8 Å². The number of hydrogen-bond donors (Lipinski definition) is 3. The minimum absolute atomic E-state index is 0.00783. The number of carbonyl (C=O) groups is 3. The fourth-order valence-corrected chi connectivity index (χ4v) is 7.34. The van der Waals surface area contributed by atoms with E-state index in [-0.39, 0.29) is 56.3 Å². The second-order valence-corrected chi connectivity index (χ2v) is 13.6. The van der Waals surface area contributed by atoms with Crippen LogP contribution in [0.3, 0.4) is 0 Å². The minimum Gasteiger partial charge on any atom is -0.496 e. The normalized spacial score (nSPS) is 17.8. The lowest BCUT2D eigenvalue weighted by atomic mass is 9.74. The SMILES string of the molecule is COc1cc(F)c(NC2CCC(C)(C(=O)OCc3cccc4ccccc34)CC2)cc1C(=O)Nc1c(C(=O)O)sc2cc(C(F)(F)F)ccc12. The van der Waals surface area contributed by atoms with E-state index in [9.17, 15) is 32.7 Å². The van der Waals surface area contributed by atoms with Gasteiger partial charge in [-0.2, -0.15) is 13.2 Å². The molecule has 0 radical (unpaired) electrons. The lowest BCUT2D eigenvalue weighted by molar-refractivity contribution is -0.158. The Morgan fingerprint density at radius 3 is 2.40 bits per heavy atom. The third kappa shape index (κ3) is 6.95. The van der Waals surface area contributed by atoms with E-state index in [0.29, 0.717) is 37.0 Å². The number of thiophene rings is 1. The highest BCUT2D eigenvalue weighted by atomic mass is 32.1. The van der Waals surface area contributed by atoms with Crippen molar-refractivity contribution < 1.29 is 46.5 Å². The Hall–Kier alpha value is -5.17. The number of amides is 1. The van der Waals surface area contributed by atoms with Crippen molar-refractivity contribution in [1.29, 1.82) is 0 Å². The third-order valence-electron chi connectivity index (χ3n) is 9.16. The van der Waals surface area contributed by atoms with Crippen LogP contribution in [0, 0.1) is 11.2 Å². The van der Waals surface area contributed by atoms with Gasteiger partial charge in [-0.15, -0.1) is 11.3 Å². The molecule has 0 saturated heterocycles. The molecule has 4 aromatic carbocycles. The Bertz CT molecular complexity index is 2120. The molecule has 6 rings (SSSR count). The van der Waals surface area contributed by atoms with Gasteiger partial charge in [-0.1, -0.05) is 48.5 Å². The van der Waals surface area contributed by atoms with E-state index in [1.165, 1.54) is 13.2 Å². The molecule has 13 heteroatoms. The fraction of sp³-hybridized carbons (Fsp3) is 0.270. The zero-order valence-electron chi connectivity index (χ0n) is 26.9. The Kier molecular flexibility index (Phi) is 9.45. The van der Waals surface area contributed by atoms with E-state index in [4.69, 9.17) is 9.47 Å². The van der Waals surface area contributed by atoms with Gasteiger partial charge in [-0.05, 0) is 67.1 Å². The van der Waals surface area contributed by atoms with Crippen molar-refractivity contribution in [1.82, 2.24) is 0 Å². The molecule has 260 valence electrons. The molecule has 3 N–H and O–H groups in total. The number of anilines is 2. The molecule has 0 bridgehead atoms. The number of carboxylic acids is 1. The van der Waals surface area contributed by atoms with Crippen LogP contribution in [0.5, 0.6) is 5.75 Å². The number of nitrogens with one attached hydrogen (secondary N) is 2. The maximum atomic E-state index is 15.3. The number of carboxylic acid groups (broad SMARTS) is 1. The first kappa shape index (κ1) is 34.7. The number of hydrogen-bond acceptors (Lipinski definition) is 7. The van der Waals surface area contributed by atoms with Crippen molar-refractivity contribution in [3.8, 4) is 5.75 Å². The predicted molar refractivity (Wildman–Crippen MR) is 182 cm³/mol. The van der Waals surface area contributed by atoms with Crippen LogP contribution in [-0.2, 0) is 22.3 Å². The predicted octanol–water partition coefficient (Wildman–Crippen LogP) is 9.28. The Morgan fingerprint density at radius 1 is 0.980 bits per heavy atom. The molecule has 1 aliphatic rings. The maximum Gasteiger partial charge on any atom is 0.416 e. The average Bonchev–Trinajstić information content (AvgIpc) is 3.46. The second-order valence-electron chi connectivity index (χ2n) is 12.5. The van der Waals surface area contributed by atoms with E-state index in [1.54, 1.807) is 0 Å². The van der Waals surface area contributed by atoms with Gasteiger partial charge in [0.25, 0.3) is 5.91 Å². The average molecular weight is 709 g/mol. The first-order valence-corrected chi connectivity index (χ1v) is 16.6. The molecule has 50 heavy (non-hydrogen) atoms. The van der Waals surface area contributed by atoms with Crippen LogP contribution in [0.2, 0.25) is 0 Å². The van der Waals surface area contributed by atoms with E-state index in [0.717, 1.165) is 40.6 Å². The van der Waals surface area contributed by atoms with Gasteiger partial charge in [0.2, 0.25) is 0 Å². The Labute approximate surface area is 288 Å². The van der Waals surface area contributed by atoms with Gasteiger partial charge in [-0.3, -0.25) is 9.59 Å². The highest BCUT2D eigenvalue weighted by Gasteiger charge is 2.39. The largest absolute Gasteiger partial charge is 0.496 e. The molecule has 1 fully saturated rings. The van der Waals surface area contributed by atoms with Crippen molar-refractivity contribution in [2.24, 2.45) is 5.41 Å². The number of alkyl halides is 3. The van der Waals surface area contributed by atoms with E-state index >= 15 is 4.39 Å². The maximum absolute atomic E-state index is 15.3. The van der Waals surface area contributed by atoms with E-state index in [2.05, 4.69) is 10.6 Å². The van der Waals surface area contributed by atoms with Crippen LogP contribution in [0.4, 0.5) is 28.9 Å². The Balaban J connectivity index is 1.15. The number of ether oxygens (including phenoxy) is 2. The number of aromatic carboxylic acids is 1. The molecule has 1 heterocycles. The summed E-state index contributed by atoms with van der Waals surface area (Å²) in [6.45, 7) is 2.00. The van der Waals surface area contributed by atoms with Crippen molar-refractivity contribution >= 4 is 61.4 Å². The number of methoxy groups -OCH3 is 1. The highest BCUT2D eigenvalue weighted by Crippen LogP contribution is 2.42. The number of fused-ring (bicyclic) bond motifs is 2. The summed E-state index contributed by atoms with van der Waals surface area (Å²) in [5.41, 5.74) is -1.11. The number of carbonyl (C=O) groups excluding carboxylic acids is 2. The third-order valence-corrected chi connectivity index (χ3v) is 10.3. The fourth-order valence-electron chi connectivity index (χ4n) is 6.30. The van der Waals surface area contributed by atoms with Gasteiger partial charge in [0.15, 0.2) is 0 Å². The van der Waals surface area contributed by atoms with Crippen molar-refractivity contribution in [2.75, 3.05) is 17.7 Å². The molecule has 1 aromatic heterocycles. The highest BCUT2D eigenvalue weighted by molar-refractivity contribution is 7.21. The molecule has 5 aromatic rings. The molecule has 1 amide bonds. The number of rotatable bonds is 9. The van der Waals surface area contributed by atoms with Crippen molar-refractivity contribution in [3.05, 3.63) is 100 Å². The summed E-state index contributed by atoms with van der Waals surface area (Å²) in [5.74, 6) is -3.43. The summed E-state index contributed by atoms with van der Waals surface area (Å²) >= 11 is 0.591. The summed E-state index contributed by atoms with van der Waals surface area (Å²) in [6.07, 6.45) is -2.67. The summed E-state index contributed by atoms with van der Waals surface area (Å²) in [4.78, 5) is 38.4. The van der Waals surface area contributed by atoms with Gasteiger partial charge in [0.1, 0.15) is 23.1 Å². The standard InChI is InChI=1S/C37H32F4N2O6S/c1-36(35(47)49-19-21-8-5-7-20-6-3-4-9-24(20)21)14-12-23(13-15-36)42-28-17-26(29(48-2)18-27(28)38)33(44)43-31-25-11-10-22(37(39,40)41)16-30(25)50-32(31)34(45)46/h3-11,16-18,23,42H,12-15,19H2,1-2H3,(H,43,44)(H,45,46). The number of halogens is 4. The van der Waals surface area contributed by atoms with Crippen LogP contribution in [0.15, 0.2) is 72.8 Å². The van der Waals surface area contributed by atoms with Gasteiger partial charge in [0, 0.05) is 22.2 Å². The van der Waals surface area contributed by atoms with Crippen LogP contribution in [0.25, 0.3) is 20.9 Å². The monoisotopic (exact) mass is 708 g/mol. The molecule has 0 atom stereocenters. The van der Waals surface area contributed by atoms with Crippen LogP contribution in [0.1, 0.15) is 63.8 Å². The zero-order valence-corrected chi connectivity index (χ0v) is 27.8. The quantitative estimate of drug-likeness (QED) is 0.103. The lowest BCUT2D eigenvalue weighted by Crippen LogP contribution is -2.38. The molecule has 1 saturated carbocycles. The number of esters is 1. The molecule has 0 unspecified atom stereocenters. The summed E-state index contributed by atoms with van der Waals surface area (Å²) in [5, 5.41) is 17.6. The first-order chi connectivity index (χ1) is 23.8. The zero-order chi connectivity index (χ0) is 35.8. The van der Waals surface area contributed by atoms with Crippen LogP contribution < -0.4 is 15.4 Å². The minimum atomic E-state index is -4.64.